The molecule has 1 fully saturated rings. The van der Waals surface area contributed by atoms with Crippen molar-refractivity contribution in [2.24, 2.45) is 0 Å². The van der Waals surface area contributed by atoms with Gasteiger partial charge in [0.2, 0.25) is 5.89 Å². The van der Waals surface area contributed by atoms with E-state index in [4.69, 9.17) is 13.9 Å². The lowest BCUT2D eigenvalue weighted by molar-refractivity contribution is 0.0423. The third-order valence-electron chi connectivity index (χ3n) is 4.18. The zero-order valence-corrected chi connectivity index (χ0v) is 14.1. The van der Waals surface area contributed by atoms with E-state index in [1.807, 2.05) is 0 Å². The number of hydrogen-bond donors (Lipinski definition) is 0. The summed E-state index contributed by atoms with van der Waals surface area (Å²) in [6, 6.07) is 5.87. The molecule has 0 radical (unpaired) electrons. The van der Waals surface area contributed by atoms with E-state index in [2.05, 4.69) is 4.98 Å². The van der Waals surface area contributed by atoms with Crippen LogP contribution in [0.4, 0.5) is 4.39 Å². The average molecular weight is 348 g/mol. The first-order valence-electron chi connectivity index (χ1n) is 8.30. The summed E-state index contributed by atoms with van der Waals surface area (Å²) in [4.78, 5) is 18.7. The second-order valence-electron chi connectivity index (χ2n) is 5.98. The Labute approximate surface area is 145 Å². The third kappa shape index (κ3) is 4.36. The molecule has 1 aromatic carbocycles. The molecule has 2 heterocycles. The Bertz CT molecular complexity index is 717. The van der Waals surface area contributed by atoms with Gasteiger partial charge in [0.15, 0.2) is 12.3 Å². The van der Waals surface area contributed by atoms with E-state index in [-0.39, 0.29) is 36.0 Å². The molecule has 0 saturated carbocycles. The molecule has 7 heteroatoms. The summed E-state index contributed by atoms with van der Waals surface area (Å²) in [5.41, 5.74) is 0.251. The molecule has 0 bridgehead atoms. The summed E-state index contributed by atoms with van der Waals surface area (Å²) in [5.74, 6) is 0.104. The minimum absolute atomic E-state index is 0.0260. The summed E-state index contributed by atoms with van der Waals surface area (Å²) in [7, 11) is 1.63. The zero-order valence-electron chi connectivity index (χ0n) is 14.1. The Balaban J connectivity index is 1.62. The molecule has 0 aliphatic carbocycles. The van der Waals surface area contributed by atoms with Crippen LogP contribution in [0.3, 0.4) is 0 Å². The predicted octanol–water partition coefficient (Wildman–Crippen LogP) is 3.03. The highest BCUT2D eigenvalue weighted by Crippen LogP contribution is 2.20. The largest absolute Gasteiger partial charge is 0.484 e. The number of methoxy groups -OCH3 is 1. The quantitative estimate of drug-likeness (QED) is 0.803. The van der Waals surface area contributed by atoms with E-state index in [0.717, 1.165) is 19.3 Å². The van der Waals surface area contributed by atoms with E-state index < -0.39 is 0 Å². The summed E-state index contributed by atoms with van der Waals surface area (Å²) in [6.45, 7) is 1.23. The van der Waals surface area contributed by atoms with Crippen LogP contribution in [-0.4, -0.2) is 42.1 Å². The van der Waals surface area contributed by atoms with Crippen molar-refractivity contribution in [3.8, 4) is 5.75 Å². The second-order valence-corrected chi connectivity index (χ2v) is 5.98. The van der Waals surface area contributed by atoms with Gasteiger partial charge in [0.05, 0.1) is 12.6 Å². The fourth-order valence-corrected chi connectivity index (χ4v) is 2.96. The van der Waals surface area contributed by atoms with Crippen LogP contribution < -0.4 is 4.74 Å². The van der Waals surface area contributed by atoms with Crippen LogP contribution in [0.25, 0.3) is 0 Å². The van der Waals surface area contributed by atoms with Gasteiger partial charge in [-0.2, -0.15) is 0 Å². The van der Waals surface area contributed by atoms with Gasteiger partial charge in [-0.15, -0.1) is 0 Å². The fourth-order valence-electron chi connectivity index (χ4n) is 2.96. The number of ether oxygens (including phenoxy) is 2. The maximum absolute atomic E-state index is 13.1. The maximum atomic E-state index is 13.1. The van der Waals surface area contributed by atoms with E-state index >= 15 is 0 Å². The summed E-state index contributed by atoms with van der Waals surface area (Å²) >= 11 is 0. The molecule has 3 rings (SSSR count). The van der Waals surface area contributed by atoms with Gasteiger partial charge in [0.1, 0.15) is 17.8 Å². The predicted molar refractivity (Wildman–Crippen MR) is 87.8 cm³/mol. The van der Waals surface area contributed by atoms with Crippen molar-refractivity contribution < 1.29 is 23.1 Å². The van der Waals surface area contributed by atoms with Crippen molar-refractivity contribution in [3.63, 3.8) is 0 Å². The molecule has 1 aliphatic rings. The van der Waals surface area contributed by atoms with Crippen molar-refractivity contribution >= 4 is 5.91 Å². The van der Waals surface area contributed by atoms with Gasteiger partial charge in [-0.1, -0.05) is 6.07 Å². The van der Waals surface area contributed by atoms with Crippen molar-refractivity contribution in [3.05, 3.63) is 47.9 Å². The van der Waals surface area contributed by atoms with Crippen LogP contribution in [0.5, 0.6) is 5.75 Å². The first-order valence-corrected chi connectivity index (χ1v) is 8.30. The molecule has 1 aliphatic heterocycles. The number of piperidine rings is 1. The number of carbonyl (C=O) groups excluding carboxylic acids is 1. The number of rotatable bonds is 6. The molecule has 1 atom stereocenters. The molecule has 1 aromatic heterocycles. The molecule has 2 aromatic rings. The molecule has 0 spiro atoms. The average Bonchev–Trinajstić information content (AvgIpc) is 3.09. The van der Waals surface area contributed by atoms with Gasteiger partial charge in [0.25, 0.3) is 5.91 Å². The molecular weight excluding hydrogens is 327 g/mol. The van der Waals surface area contributed by atoms with Crippen molar-refractivity contribution in [2.45, 2.75) is 31.9 Å². The lowest BCUT2D eigenvalue weighted by Crippen LogP contribution is -2.46. The van der Waals surface area contributed by atoms with E-state index in [9.17, 15) is 9.18 Å². The smallest absolute Gasteiger partial charge is 0.276 e. The SMILES string of the molecule is COCC1CCCCN1C(=O)c1coc(COc2cccc(F)c2)n1. The van der Waals surface area contributed by atoms with Gasteiger partial charge < -0.3 is 18.8 Å². The highest BCUT2D eigenvalue weighted by molar-refractivity contribution is 5.92. The van der Waals surface area contributed by atoms with Crippen LogP contribution in [0.15, 0.2) is 34.9 Å². The first kappa shape index (κ1) is 17.4. The Morgan fingerprint density at radius 1 is 1.44 bits per heavy atom. The van der Waals surface area contributed by atoms with Crippen LogP contribution in [0.1, 0.15) is 35.6 Å². The van der Waals surface area contributed by atoms with Crippen LogP contribution in [0.2, 0.25) is 0 Å². The minimum Gasteiger partial charge on any atom is -0.484 e. The van der Waals surface area contributed by atoms with Crippen LogP contribution >= 0.6 is 0 Å². The normalized spacial score (nSPS) is 17.5. The van der Waals surface area contributed by atoms with Crippen molar-refractivity contribution in [2.75, 3.05) is 20.3 Å². The molecule has 134 valence electrons. The number of aromatic nitrogens is 1. The first-order chi connectivity index (χ1) is 12.2. The van der Waals surface area contributed by atoms with Gasteiger partial charge in [-0.25, -0.2) is 9.37 Å². The molecule has 1 unspecified atom stereocenters. The van der Waals surface area contributed by atoms with Gasteiger partial charge in [0, 0.05) is 19.7 Å². The Hall–Kier alpha value is -2.41. The zero-order chi connectivity index (χ0) is 17.6. The van der Waals surface area contributed by atoms with Gasteiger partial charge in [-0.05, 0) is 31.4 Å². The highest BCUT2D eigenvalue weighted by atomic mass is 19.1. The molecule has 1 amide bonds. The van der Waals surface area contributed by atoms with Crippen molar-refractivity contribution in [1.29, 1.82) is 0 Å². The summed E-state index contributed by atoms with van der Waals surface area (Å²) in [6.07, 6.45) is 4.32. The standard InChI is InChI=1S/C18H21FN2O4/c1-23-10-14-6-2-3-8-21(14)18(22)16-11-25-17(20-16)12-24-15-7-4-5-13(19)9-15/h4-5,7,9,11,14H,2-3,6,8,10,12H2,1H3. The number of carbonyl (C=O) groups is 1. The number of benzene rings is 1. The Kier molecular flexibility index (Phi) is 5.65. The van der Waals surface area contributed by atoms with Crippen molar-refractivity contribution in [1.82, 2.24) is 9.88 Å². The number of hydrogen-bond acceptors (Lipinski definition) is 5. The number of likely N-dealkylation sites (tertiary alicyclic amines) is 1. The number of amides is 1. The molecule has 0 N–H and O–H groups in total. The molecule has 6 nitrogen and oxygen atoms in total. The minimum atomic E-state index is -0.380. The topological polar surface area (TPSA) is 64.8 Å². The second kappa shape index (κ2) is 8.11. The van der Waals surface area contributed by atoms with Crippen LogP contribution in [0, 0.1) is 5.82 Å². The number of oxazole rings is 1. The van der Waals surface area contributed by atoms with Crippen LogP contribution in [-0.2, 0) is 11.3 Å². The Morgan fingerprint density at radius 2 is 2.32 bits per heavy atom. The van der Waals surface area contributed by atoms with E-state index in [0.29, 0.717) is 18.9 Å². The summed E-state index contributed by atoms with van der Waals surface area (Å²) in [5, 5.41) is 0. The monoisotopic (exact) mass is 348 g/mol. The molecule has 25 heavy (non-hydrogen) atoms. The fraction of sp³-hybridized carbons (Fsp3) is 0.444. The van der Waals surface area contributed by atoms with E-state index in [1.54, 1.807) is 24.1 Å². The summed E-state index contributed by atoms with van der Waals surface area (Å²) < 4.78 is 29.1. The lowest BCUT2D eigenvalue weighted by atomic mass is 10.0. The van der Waals surface area contributed by atoms with Gasteiger partial charge >= 0.3 is 0 Å². The molecule has 1 saturated heterocycles. The maximum Gasteiger partial charge on any atom is 0.276 e. The molecular formula is C18H21FN2O4. The third-order valence-corrected chi connectivity index (χ3v) is 4.18. The van der Waals surface area contributed by atoms with E-state index in [1.165, 1.54) is 18.4 Å². The van der Waals surface area contributed by atoms with Gasteiger partial charge in [-0.3, -0.25) is 4.79 Å². The Morgan fingerprint density at radius 3 is 3.12 bits per heavy atom. The number of halogens is 1. The highest BCUT2D eigenvalue weighted by Gasteiger charge is 2.29. The number of nitrogens with zero attached hydrogens (tertiary/aromatic N) is 2. The lowest BCUT2D eigenvalue weighted by Gasteiger charge is -2.34.